The van der Waals surface area contributed by atoms with Crippen molar-refractivity contribution in [1.82, 2.24) is 0 Å². The Morgan fingerprint density at radius 1 is 0.946 bits per heavy atom. The Hall–Kier alpha value is -4.25. The van der Waals surface area contributed by atoms with Crippen molar-refractivity contribution in [2.24, 2.45) is 5.92 Å². The topological polar surface area (TPSA) is 173 Å². The summed E-state index contributed by atoms with van der Waals surface area (Å²) >= 11 is 0. The molecule has 1 heterocycles. The van der Waals surface area contributed by atoms with Gasteiger partial charge >= 0.3 is 11.9 Å². The molecule has 1 aliphatic rings. The Balaban J connectivity index is 1.83. The molecule has 4 rings (SSSR count). The fourth-order valence-corrected chi connectivity index (χ4v) is 4.52. The van der Waals surface area contributed by atoms with Crippen LogP contribution >= 0.6 is 0 Å². The molecule has 3 aromatic rings. The summed E-state index contributed by atoms with van der Waals surface area (Å²) in [6.45, 7) is 4.05. The van der Waals surface area contributed by atoms with Gasteiger partial charge in [0.2, 0.25) is 11.2 Å². The van der Waals surface area contributed by atoms with Crippen LogP contribution in [0.25, 0.3) is 22.3 Å². The molecule has 11 heteroatoms. The van der Waals surface area contributed by atoms with E-state index in [1.807, 2.05) is 0 Å². The van der Waals surface area contributed by atoms with E-state index in [0.717, 1.165) is 19.1 Å². The molecule has 1 saturated carbocycles. The average Bonchev–Trinajstić information content (AvgIpc) is 2.80. The highest BCUT2D eigenvalue weighted by Crippen LogP contribution is 2.39. The summed E-state index contributed by atoms with van der Waals surface area (Å²) in [5, 5.41) is 40.8. The quantitative estimate of drug-likeness (QED) is 0.369. The second kappa shape index (κ2) is 10.0. The first kappa shape index (κ1) is 25.8. The monoisotopic (exact) mass is 514 g/mol. The van der Waals surface area contributed by atoms with Crippen LogP contribution in [-0.2, 0) is 19.1 Å². The number of carbonyl (C=O) groups excluding carboxylic acids is 2. The summed E-state index contributed by atoms with van der Waals surface area (Å²) in [7, 11) is 0. The number of benzene rings is 2. The minimum absolute atomic E-state index is 0.0399. The van der Waals surface area contributed by atoms with Crippen molar-refractivity contribution in [3.05, 3.63) is 46.6 Å². The van der Waals surface area contributed by atoms with Gasteiger partial charge in [0.1, 0.15) is 46.5 Å². The van der Waals surface area contributed by atoms with Crippen molar-refractivity contribution >= 4 is 22.9 Å². The first-order valence-corrected chi connectivity index (χ1v) is 11.5. The van der Waals surface area contributed by atoms with Crippen molar-refractivity contribution < 1.29 is 48.6 Å². The summed E-state index contributed by atoms with van der Waals surface area (Å²) < 4.78 is 22.5. The van der Waals surface area contributed by atoms with Crippen LogP contribution in [0.15, 0.2) is 45.6 Å². The van der Waals surface area contributed by atoms with E-state index in [4.69, 9.17) is 18.6 Å². The molecule has 0 aliphatic heterocycles. The summed E-state index contributed by atoms with van der Waals surface area (Å²) in [5.74, 6) is -3.15. The highest BCUT2D eigenvalue weighted by Gasteiger charge is 2.48. The van der Waals surface area contributed by atoms with E-state index in [0.29, 0.717) is 5.56 Å². The van der Waals surface area contributed by atoms with Gasteiger partial charge < -0.3 is 39.1 Å². The number of phenols is 3. The number of esters is 2. The molecule has 0 spiro atoms. The zero-order valence-corrected chi connectivity index (χ0v) is 20.2. The molecule has 1 unspecified atom stereocenters. The molecule has 11 nitrogen and oxygen atoms in total. The molecule has 1 fully saturated rings. The van der Waals surface area contributed by atoms with E-state index in [9.17, 15) is 34.8 Å². The number of phenolic OH excluding ortho intramolecular Hbond substituents is 3. The van der Waals surface area contributed by atoms with Gasteiger partial charge in [-0.3, -0.25) is 14.4 Å². The molecule has 1 aliphatic carbocycles. The summed E-state index contributed by atoms with van der Waals surface area (Å²) in [4.78, 5) is 36.9. The lowest BCUT2D eigenvalue weighted by atomic mass is 9.81. The predicted octanol–water partition coefficient (Wildman–Crippen LogP) is 2.59. The number of hydrogen-bond acceptors (Lipinski definition) is 11. The summed E-state index contributed by atoms with van der Waals surface area (Å²) in [6, 6.07) is 7.78. The maximum atomic E-state index is 13.5. The van der Waals surface area contributed by atoms with E-state index >= 15 is 0 Å². The van der Waals surface area contributed by atoms with E-state index in [1.54, 1.807) is 6.92 Å². The van der Waals surface area contributed by atoms with E-state index < -0.39 is 53.5 Å². The molecule has 0 amide bonds. The number of aliphatic hydroxyl groups excluding tert-OH is 1. The van der Waals surface area contributed by atoms with Crippen LogP contribution < -0.4 is 10.2 Å². The van der Waals surface area contributed by atoms with Gasteiger partial charge in [0.05, 0.1) is 0 Å². The average molecular weight is 514 g/mol. The van der Waals surface area contributed by atoms with Crippen molar-refractivity contribution in [3.63, 3.8) is 0 Å². The highest BCUT2D eigenvalue weighted by atomic mass is 16.6. The number of ether oxygens (including phenoxy) is 3. The molecule has 37 heavy (non-hydrogen) atoms. The SMILES string of the molecule is CC(=O)O[C@@H]1[C@H](O)[C@@H](Oc2c(-c3ccc(O)cc3)oc3cc(O)cc(O)c3c2=O)CC(C)[C@H]1OC(C)=O. The predicted molar refractivity (Wildman–Crippen MR) is 128 cm³/mol. The number of hydrogen-bond donors (Lipinski definition) is 4. The van der Waals surface area contributed by atoms with Gasteiger partial charge in [0.25, 0.3) is 0 Å². The maximum Gasteiger partial charge on any atom is 0.303 e. The summed E-state index contributed by atoms with van der Waals surface area (Å²) in [5.41, 5.74) is -0.585. The number of aliphatic hydroxyl groups is 1. The fraction of sp³-hybridized carbons (Fsp3) is 0.346. The van der Waals surface area contributed by atoms with Crippen molar-refractivity contribution in [3.8, 4) is 34.3 Å². The largest absolute Gasteiger partial charge is 0.508 e. The standard InChI is InChI=1S/C26H26O11/c1-11-8-19(21(32)25(35-13(3)28)23(11)34-12(2)27)37-26-22(33)20-17(31)9-16(30)10-18(20)36-24(26)14-4-6-15(29)7-5-14/h4-7,9-11,19,21,23,25,29-32H,8H2,1-3H3/t11?,19-,21+,23+,25+/m0/s1. The second-order valence-electron chi connectivity index (χ2n) is 8.98. The first-order valence-electron chi connectivity index (χ1n) is 11.5. The Kier molecular flexibility index (Phi) is 6.99. The lowest BCUT2D eigenvalue weighted by molar-refractivity contribution is -0.199. The normalized spacial score (nSPS) is 23.4. The number of rotatable bonds is 5. The Labute approximate surface area is 210 Å². The van der Waals surface area contributed by atoms with Gasteiger partial charge in [-0.2, -0.15) is 0 Å². The third kappa shape index (κ3) is 5.17. The van der Waals surface area contributed by atoms with Gasteiger partial charge in [-0.1, -0.05) is 6.92 Å². The Morgan fingerprint density at radius 2 is 1.57 bits per heavy atom. The Morgan fingerprint density at radius 3 is 2.19 bits per heavy atom. The molecule has 1 aromatic heterocycles. The van der Waals surface area contributed by atoms with Crippen LogP contribution in [0, 0.1) is 5.92 Å². The third-order valence-corrected chi connectivity index (χ3v) is 6.13. The third-order valence-electron chi connectivity index (χ3n) is 6.13. The van der Waals surface area contributed by atoms with E-state index in [1.165, 1.54) is 31.2 Å². The second-order valence-corrected chi connectivity index (χ2v) is 8.98. The molecule has 0 saturated heterocycles. The van der Waals surface area contributed by atoms with Gasteiger partial charge in [-0.25, -0.2) is 0 Å². The maximum absolute atomic E-state index is 13.5. The minimum Gasteiger partial charge on any atom is -0.508 e. The minimum atomic E-state index is -1.50. The zero-order valence-electron chi connectivity index (χ0n) is 20.2. The van der Waals surface area contributed by atoms with Crippen LogP contribution in [0.4, 0.5) is 0 Å². The molecule has 5 atom stereocenters. The number of carbonyl (C=O) groups is 2. The first-order chi connectivity index (χ1) is 17.5. The van der Waals surface area contributed by atoms with Crippen LogP contribution in [-0.4, -0.2) is 56.8 Å². The molecule has 0 bridgehead atoms. The number of fused-ring (bicyclic) bond motifs is 1. The van der Waals surface area contributed by atoms with Crippen LogP contribution in [0.5, 0.6) is 23.0 Å². The molecular weight excluding hydrogens is 488 g/mol. The Bertz CT molecular complexity index is 1390. The van der Waals surface area contributed by atoms with Gasteiger partial charge in [-0.15, -0.1) is 0 Å². The lowest BCUT2D eigenvalue weighted by Crippen LogP contribution is -2.57. The van der Waals surface area contributed by atoms with E-state index in [-0.39, 0.29) is 40.4 Å². The van der Waals surface area contributed by atoms with E-state index in [2.05, 4.69) is 0 Å². The van der Waals surface area contributed by atoms with Crippen molar-refractivity contribution in [2.45, 2.75) is 51.6 Å². The zero-order chi connectivity index (χ0) is 27.0. The van der Waals surface area contributed by atoms with Gasteiger partial charge in [0.15, 0.2) is 11.9 Å². The van der Waals surface area contributed by atoms with Crippen molar-refractivity contribution in [2.75, 3.05) is 0 Å². The van der Waals surface area contributed by atoms with Gasteiger partial charge in [0, 0.05) is 37.5 Å². The lowest BCUT2D eigenvalue weighted by Gasteiger charge is -2.42. The van der Waals surface area contributed by atoms with Gasteiger partial charge in [-0.05, 0) is 30.7 Å². The smallest absolute Gasteiger partial charge is 0.303 e. The van der Waals surface area contributed by atoms with Crippen molar-refractivity contribution in [1.29, 1.82) is 0 Å². The molecule has 0 radical (unpaired) electrons. The van der Waals surface area contributed by atoms with Crippen LogP contribution in [0.1, 0.15) is 27.2 Å². The highest BCUT2D eigenvalue weighted by molar-refractivity contribution is 5.88. The van der Waals surface area contributed by atoms with Crippen LogP contribution in [0.3, 0.4) is 0 Å². The molecule has 2 aromatic carbocycles. The molecule has 196 valence electrons. The summed E-state index contributed by atoms with van der Waals surface area (Å²) in [6.07, 6.45) is -4.73. The number of aromatic hydroxyl groups is 3. The molecule has 4 N–H and O–H groups in total. The van der Waals surface area contributed by atoms with Crippen LogP contribution in [0.2, 0.25) is 0 Å². The molecular formula is C26H26O11. The fourth-order valence-electron chi connectivity index (χ4n) is 4.52.